The molecule has 29 heavy (non-hydrogen) atoms. The minimum absolute atomic E-state index is 0.241. The van der Waals surface area contributed by atoms with Gasteiger partial charge in [-0.15, -0.1) is 0 Å². The lowest BCUT2D eigenvalue weighted by Gasteiger charge is -2.17. The van der Waals surface area contributed by atoms with Gasteiger partial charge in [-0.1, -0.05) is 36.9 Å². The van der Waals surface area contributed by atoms with Gasteiger partial charge in [-0.25, -0.2) is 4.98 Å². The van der Waals surface area contributed by atoms with Crippen molar-refractivity contribution in [2.24, 2.45) is 5.73 Å². The number of nitrogens with zero attached hydrogens (tertiary/aromatic N) is 1. The minimum Gasteiger partial charge on any atom is -0.496 e. The summed E-state index contributed by atoms with van der Waals surface area (Å²) in [6.45, 7) is 12.6. The topological polar surface area (TPSA) is 60.2 Å². The highest BCUT2D eigenvalue weighted by molar-refractivity contribution is 5.65. The molecule has 0 bridgehead atoms. The summed E-state index contributed by atoms with van der Waals surface area (Å²) in [5.41, 5.74) is 8.89. The molecule has 2 unspecified atom stereocenters. The van der Waals surface area contributed by atoms with Gasteiger partial charge < -0.3 is 15.8 Å². The number of nitrogens with two attached hydrogens (primary N) is 1. The van der Waals surface area contributed by atoms with Crippen LogP contribution in [0.1, 0.15) is 45.6 Å². The Hall–Kier alpha value is -2.59. The van der Waals surface area contributed by atoms with Crippen LogP contribution < -0.4 is 26.2 Å². The van der Waals surface area contributed by atoms with Crippen LogP contribution in [0.3, 0.4) is 0 Å². The van der Waals surface area contributed by atoms with Gasteiger partial charge in [0.1, 0.15) is 11.6 Å². The van der Waals surface area contributed by atoms with E-state index >= 15 is 0 Å². The number of rotatable bonds is 9. The first-order valence-electron chi connectivity index (χ1n) is 10.4. The summed E-state index contributed by atoms with van der Waals surface area (Å²) in [5, 5.41) is 5.56. The van der Waals surface area contributed by atoms with E-state index in [2.05, 4.69) is 44.0 Å². The van der Waals surface area contributed by atoms with Gasteiger partial charge in [0.05, 0.1) is 12.8 Å². The molecule has 0 radical (unpaired) electrons. The van der Waals surface area contributed by atoms with Crippen molar-refractivity contribution in [1.82, 2.24) is 4.98 Å². The van der Waals surface area contributed by atoms with Gasteiger partial charge in [-0.3, -0.25) is 0 Å². The zero-order valence-corrected chi connectivity index (χ0v) is 18.5. The number of aryl methyl sites for hydroxylation is 1. The van der Waals surface area contributed by atoms with Crippen molar-refractivity contribution in [3.63, 3.8) is 0 Å². The van der Waals surface area contributed by atoms with E-state index in [9.17, 15) is 0 Å². The van der Waals surface area contributed by atoms with E-state index in [1.807, 2.05) is 38.1 Å². The summed E-state index contributed by atoms with van der Waals surface area (Å²) in [4.78, 5) is 4.95. The molecule has 0 aliphatic carbocycles. The molecule has 0 spiro atoms. The zero-order chi connectivity index (χ0) is 21.4. The van der Waals surface area contributed by atoms with Gasteiger partial charge in [-0.05, 0) is 69.9 Å². The molecule has 1 aromatic carbocycles. The number of pyridine rings is 1. The Labute approximate surface area is 175 Å². The maximum absolute atomic E-state index is 5.88. The van der Waals surface area contributed by atoms with Gasteiger partial charge in [0.25, 0.3) is 0 Å². The van der Waals surface area contributed by atoms with E-state index in [1.54, 1.807) is 7.11 Å². The van der Waals surface area contributed by atoms with Gasteiger partial charge >= 0.3 is 0 Å². The average Bonchev–Trinajstić information content (AvgIpc) is 2.67. The summed E-state index contributed by atoms with van der Waals surface area (Å²) < 4.78 is 5.49. The van der Waals surface area contributed by atoms with E-state index in [1.165, 1.54) is 0 Å². The lowest BCUT2D eigenvalue weighted by molar-refractivity contribution is 0.412. The predicted octanol–water partition coefficient (Wildman–Crippen LogP) is 4.15. The highest BCUT2D eigenvalue weighted by Crippen LogP contribution is 2.25. The number of hydrogen-bond acceptors (Lipinski definition) is 4. The molecule has 156 valence electrons. The van der Waals surface area contributed by atoms with Gasteiger partial charge in [0.15, 0.2) is 0 Å². The molecule has 2 aromatic rings. The molecule has 0 aliphatic rings. The number of anilines is 1. The SMILES string of the molecule is C=c1cc(-c2ccc(C)c(OC)c2)nc(NC(C)CCCC(C)N)/c1=C/C=C\C. The van der Waals surface area contributed by atoms with Crippen molar-refractivity contribution < 1.29 is 4.74 Å². The molecule has 0 saturated heterocycles. The van der Waals surface area contributed by atoms with Crippen LogP contribution in [0.2, 0.25) is 0 Å². The Kier molecular flexibility index (Phi) is 8.47. The average molecular weight is 394 g/mol. The standard InChI is InChI=1S/C25H35N3O/c1-7-8-12-22-18(3)15-23(21-14-13-17(2)24(16-21)29-6)28-25(22)27-20(5)11-9-10-19(4)26/h7-8,12-16,19-20H,3,9-11,26H2,1-2,4-6H3,(H,27,28)/b8-7-,22-12+. The van der Waals surface area contributed by atoms with Crippen LogP contribution in [0.25, 0.3) is 23.9 Å². The smallest absolute Gasteiger partial charge is 0.134 e. The fourth-order valence-electron chi connectivity index (χ4n) is 3.28. The molecule has 4 heteroatoms. The molecular weight excluding hydrogens is 358 g/mol. The van der Waals surface area contributed by atoms with E-state index < -0.39 is 0 Å². The summed E-state index contributed by atoms with van der Waals surface area (Å²) in [6, 6.07) is 8.73. The van der Waals surface area contributed by atoms with E-state index in [4.69, 9.17) is 15.5 Å². The van der Waals surface area contributed by atoms with Gasteiger partial charge in [0, 0.05) is 22.9 Å². The third-order valence-electron chi connectivity index (χ3n) is 4.98. The number of nitrogens with one attached hydrogen (secondary N) is 1. The van der Waals surface area contributed by atoms with Crippen molar-refractivity contribution in [1.29, 1.82) is 0 Å². The van der Waals surface area contributed by atoms with Crippen LogP contribution in [0, 0.1) is 6.92 Å². The highest BCUT2D eigenvalue weighted by atomic mass is 16.5. The van der Waals surface area contributed by atoms with Crippen LogP contribution in [0.15, 0.2) is 36.4 Å². The normalized spacial score (nSPS) is 14.2. The molecule has 2 atom stereocenters. The fraction of sp³-hybridized carbons (Fsp3) is 0.400. The van der Waals surface area contributed by atoms with Crippen molar-refractivity contribution >= 4 is 18.5 Å². The van der Waals surface area contributed by atoms with Crippen LogP contribution in [0.4, 0.5) is 5.82 Å². The monoisotopic (exact) mass is 393 g/mol. The quantitative estimate of drug-likeness (QED) is 0.672. The van der Waals surface area contributed by atoms with Gasteiger partial charge in [-0.2, -0.15) is 0 Å². The Balaban J connectivity index is 2.43. The molecule has 4 nitrogen and oxygen atoms in total. The van der Waals surface area contributed by atoms with Crippen molar-refractivity contribution in [2.75, 3.05) is 12.4 Å². The Morgan fingerprint density at radius 2 is 2.00 bits per heavy atom. The summed E-state index contributed by atoms with van der Waals surface area (Å²) in [6.07, 6.45) is 9.25. The Morgan fingerprint density at radius 3 is 2.66 bits per heavy atom. The molecule has 3 N–H and O–H groups in total. The van der Waals surface area contributed by atoms with E-state index in [0.29, 0.717) is 6.04 Å². The van der Waals surface area contributed by atoms with Crippen LogP contribution >= 0.6 is 0 Å². The first-order chi connectivity index (χ1) is 13.8. The van der Waals surface area contributed by atoms with Crippen LogP contribution in [-0.4, -0.2) is 24.2 Å². The Morgan fingerprint density at radius 1 is 1.24 bits per heavy atom. The summed E-state index contributed by atoms with van der Waals surface area (Å²) in [7, 11) is 1.69. The van der Waals surface area contributed by atoms with Crippen molar-refractivity contribution in [2.45, 2.75) is 59.0 Å². The molecule has 1 aromatic heterocycles. The molecular formula is C25H35N3O. The third-order valence-corrected chi connectivity index (χ3v) is 4.98. The number of allylic oxidation sites excluding steroid dienone is 2. The molecule has 1 heterocycles. The number of ether oxygens (including phenoxy) is 1. The number of hydrogen-bond donors (Lipinski definition) is 2. The lowest BCUT2D eigenvalue weighted by atomic mass is 10.1. The molecule has 0 aliphatic heterocycles. The summed E-state index contributed by atoms with van der Waals surface area (Å²) >= 11 is 0. The Bertz CT molecular complexity index is 947. The number of benzene rings is 1. The highest BCUT2D eigenvalue weighted by Gasteiger charge is 2.10. The third kappa shape index (κ3) is 6.47. The van der Waals surface area contributed by atoms with E-state index in [0.717, 1.165) is 58.1 Å². The van der Waals surface area contributed by atoms with Crippen molar-refractivity contribution in [3.8, 4) is 17.0 Å². The van der Waals surface area contributed by atoms with E-state index in [-0.39, 0.29) is 6.04 Å². The minimum atomic E-state index is 0.241. The molecule has 2 rings (SSSR count). The van der Waals surface area contributed by atoms with Crippen molar-refractivity contribution in [3.05, 3.63) is 52.4 Å². The number of methoxy groups -OCH3 is 1. The molecule has 0 amide bonds. The van der Waals surface area contributed by atoms with Crippen LogP contribution in [-0.2, 0) is 0 Å². The maximum atomic E-state index is 5.88. The first-order valence-corrected chi connectivity index (χ1v) is 10.4. The predicted molar refractivity (Wildman–Crippen MR) is 126 cm³/mol. The first kappa shape index (κ1) is 22.7. The molecule has 0 fully saturated rings. The second-order valence-electron chi connectivity index (χ2n) is 7.76. The van der Waals surface area contributed by atoms with Crippen LogP contribution in [0.5, 0.6) is 5.75 Å². The zero-order valence-electron chi connectivity index (χ0n) is 18.5. The maximum Gasteiger partial charge on any atom is 0.134 e. The van der Waals surface area contributed by atoms with Gasteiger partial charge in [0.2, 0.25) is 0 Å². The molecule has 0 saturated carbocycles. The lowest BCUT2D eigenvalue weighted by Crippen LogP contribution is -2.31. The second kappa shape index (κ2) is 10.8. The summed E-state index contributed by atoms with van der Waals surface area (Å²) in [5.74, 6) is 1.72. The second-order valence-corrected chi connectivity index (χ2v) is 7.76. The largest absolute Gasteiger partial charge is 0.496 e. The fourth-order valence-corrected chi connectivity index (χ4v) is 3.28. The number of aromatic nitrogens is 1.